The van der Waals surface area contributed by atoms with Gasteiger partial charge in [-0.25, -0.2) is 14.8 Å². The first-order valence-corrected chi connectivity index (χ1v) is 12.7. The average Bonchev–Trinajstić information content (AvgIpc) is 3.05. The van der Waals surface area contributed by atoms with Gasteiger partial charge in [0.25, 0.3) is 5.91 Å². The molecule has 3 saturated heterocycles. The summed E-state index contributed by atoms with van der Waals surface area (Å²) in [6.45, 7) is 2.54. The molecule has 1 aromatic heterocycles. The van der Waals surface area contributed by atoms with Gasteiger partial charge in [-0.3, -0.25) is 4.79 Å². The molecule has 2 bridgehead atoms. The molecule has 0 radical (unpaired) electrons. The van der Waals surface area contributed by atoms with Gasteiger partial charge in [-0.2, -0.15) is 0 Å². The molecule has 3 fully saturated rings. The van der Waals surface area contributed by atoms with Crippen molar-refractivity contribution < 1.29 is 23.9 Å². The van der Waals surface area contributed by atoms with Gasteiger partial charge >= 0.3 is 5.97 Å². The Bertz CT molecular complexity index is 1320. The first-order valence-electron chi connectivity index (χ1n) is 12.7. The Balaban J connectivity index is 1.25. The number of fused-ring (bicyclic) bond motifs is 5. The lowest BCUT2D eigenvalue weighted by atomic mass is 9.81. The van der Waals surface area contributed by atoms with Gasteiger partial charge in [0.1, 0.15) is 18.7 Å². The van der Waals surface area contributed by atoms with Crippen molar-refractivity contribution in [1.82, 2.24) is 9.97 Å². The summed E-state index contributed by atoms with van der Waals surface area (Å²) >= 11 is 0. The number of benzene rings is 2. The normalized spacial score (nSPS) is 24.9. The number of rotatable bonds is 5. The standard InChI is InChI=1S/C29H28N4O4/c34-27(32-26-11-14-30-19-31-26)18-33-15-12-22(13-16-33)25(17-33)37-28(35)29(36)23-7-3-1-5-20(23)9-10-21-6-2-4-8-24(21)29/h1-11,14,19,22,25,36H,12-13,15-18H2/p+1/t22?,25-,33?/m0/s1. The summed E-state index contributed by atoms with van der Waals surface area (Å²) < 4.78 is 6.73. The van der Waals surface area contributed by atoms with Crippen molar-refractivity contribution in [3.8, 4) is 0 Å². The highest BCUT2D eigenvalue weighted by Crippen LogP contribution is 2.41. The van der Waals surface area contributed by atoms with Crippen LogP contribution in [0.5, 0.6) is 0 Å². The number of ether oxygens (including phenoxy) is 1. The second-order valence-electron chi connectivity index (χ2n) is 10.3. The number of carbonyl (C=O) groups excluding carboxylic acids is 2. The summed E-state index contributed by atoms with van der Waals surface area (Å²) in [5.74, 6) is -0.111. The Kier molecular flexibility index (Phi) is 5.85. The van der Waals surface area contributed by atoms with E-state index in [-0.39, 0.29) is 24.5 Å². The van der Waals surface area contributed by atoms with Crippen LogP contribution in [0.3, 0.4) is 0 Å². The van der Waals surface area contributed by atoms with Crippen LogP contribution in [-0.2, 0) is 19.9 Å². The van der Waals surface area contributed by atoms with E-state index in [1.807, 2.05) is 48.6 Å². The highest BCUT2D eigenvalue weighted by atomic mass is 16.6. The van der Waals surface area contributed by atoms with E-state index < -0.39 is 11.6 Å². The lowest BCUT2D eigenvalue weighted by molar-refractivity contribution is -0.939. The van der Waals surface area contributed by atoms with E-state index in [1.54, 1.807) is 24.4 Å². The largest absolute Gasteiger partial charge is 0.453 e. The van der Waals surface area contributed by atoms with Gasteiger partial charge in [-0.1, -0.05) is 60.7 Å². The van der Waals surface area contributed by atoms with Crippen LogP contribution in [-0.4, -0.2) is 63.7 Å². The van der Waals surface area contributed by atoms with E-state index in [4.69, 9.17) is 4.74 Å². The van der Waals surface area contributed by atoms with E-state index in [1.165, 1.54) is 6.33 Å². The lowest BCUT2D eigenvalue weighted by Gasteiger charge is -2.51. The minimum absolute atomic E-state index is 0.125. The molecule has 2 N–H and O–H groups in total. The number of quaternary nitrogens is 1. The molecule has 4 aliphatic rings. The number of aliphatic hydroxyl groups is 1. The monoisotopic (exact) mass is 497 g/mol. The van der Waals surface area contributed by atoms with Crippen molar-refractivity contribution in [3.05, 3.63) is 89.4 Å². The smallest absolute Gasteiger partial charge is 0.348 e. The fourth-order valence-electron chi connectivity index (χ4n) is 6.14. The summed E-state index contributed by atoms with van der Waals surface area (Å²) in [4.78, 5) is 34.7. The Hall–Kier alpha value is -3.88. The van der Waals surface area contributed by atoms with Crippen LogP contribution < -0.4 is 5.32 Å². The molecule has 8 heteroatoms. The Labute approximate surface area is 215 Å². The summed E-state index contributed by atoms with van der Waals surface area (Å²) in [5, 5.41) is 15.0. The predicted octanol–water partition coefficient (Wildman–Crippen LogP) is 2.99. The van der Waals surface area contributed by atoms with Crippen LogP contribution in [0.4, 0.5) is 5.82 Å². The molecule has 3 aromatic rings. The number of amides is 1. The molecule has 0 spiro atoms. The maximum atomic E-state index is 13.9. The Morgan fingerprint density at radius 3 is 2.27 bits per heavy atom. The van der Waals surface area contributed by atoms with Crippen LogP contribution in [0.2, 0.25) is 0 Å². The van der Waals surface area contributed by atoms with Crippen molar-refractivity contribution in [2.45, 2.75) is 24.5 Å². The SMILES string of the molecule is O=C(C[N+]12CCC(CC1)[C@@H](OC(=O)C1(O)c3ccccc3C=Cc3ccccc31)C2)Nc1ccncn1. The van der Waals surface area contributed by atoms with E-state index in [0.29, 0.717) is 28.0 Å². The van der Waals surface area contributed by atoms with Gasteiger partial charge in [0.05, 0.1) is 13.1 Å². The van der Waals surface area contributed by atoms with Crippen molar-refractivity contribution in [1.29, 1.82) is 0 Å². The molecule has 0 unspecified atom stereocenters. The predicted molar refractivity (Wildman–Crippen MR) is 138 cm³/mol. The topological polar surface area (TPSA) is 101 Å². The van der Waals surface area contributed by atoms with E-state index >= 15 is 0 Å². The molecule has 2 aromatic carbocycles. The van der Waals surface area contributed by atoms with Gasteiger partial charge in [0, 0.05) is 36.1 Å². The quantitative estimate of drug-likeness (QED) is 0.415. The number of carbonyl (C=O) groups is 2. The van der Waals surface area contributed by atoms with Crippen molar-refractivity contribution in [2.24, 2.45) is 5.92 Å². The van der Waals surface area contributed by atoms with Gasteiger partial charge in [0.2, 0.25) is 5.60 Å². The van der Waals surface area contributed by atoms with Crippen molar-refractivity contribution >= 4 is 29.8 Å². The third-order valence-corrected chi connectivity index (χ3v) is 8.07. The molecule has 3 aliphatic heterocycles. The number of piperidine rings is 3. The van der Waals surface area contributed by atoms with Crippen LogP contribution in [0.1, 0.15) is 35.1 Å². The summed E-state index contributed by atoms with van der Waals surface area (Å²) in [6.07, 6.45) is 8.18. The minimum Gasteiger partial charge on any atom is -0.453 e. The second kappa shape index (κ2) is 9.21. The van der Waals surface area contributed by atoms with Crippen molar-refractivity contribution in [2.75, 3.05) is 31.5 Å². The molecule has 0 saturated carbocycles. The maximum Gasteiger partial charge on any atom is 0.348 e. The third-order valence-electron chi connectivity index (χ3n) is 8.07. The Morgan fingerprint density at radius 2 is 1.65 bits per heavy atom. The Morgan fingerprint density at radius 1 is 1.00 bits per heavy atom. The number of aromatic nitrogens is 2. The minimum atomic E-state index is -1.93. The van der Waals surface area contributed by atoms with Crippen LogP contribution in [0.25, 0.3) is 12.2 Å². The van der Waals surface area contributed by atoms with Crippen molar-refractivity contribution in [3.63, 3.8) is 0 Å². The van der Waals surface area contributed by atoms with E-state index in [2.05, 4.69) is 15.3 Å². The molecule has 1 aliphatic carbocycles. The maximum absolute atomic E-state index is 13.9. The molecular formula is C29H29N4O4+. The summed E-state index contributed by atoms with van der Waals surface area (Å²) in [7, 11) is 0. The zero-order valence-corrected chi connectivity index (χ0v) is 20.4. The van der Waals surface area contributed by atoms with E-state index in [0.717, 1.165) is 37.1 Å². The first kappa shape index (κ1) is 23.5. The highest BCUT2D eigenvalue weighted by Gasteiger charge is 2.52. The lowest BCUT2D eigenvalue weighted by Crippen LogP contribution is -2.66. The molecule has 7 rings (SSSR count). The zero-order chi connectivity index (χ0) is 25.5. The molecule has 1 amide bonds. The number of nitrogens with one attached hydrogen (secondary N) is 1. The number of hydrogen-bond acceptors (Lipinski definition) is 6. The fraction of sp³-hybridized carbons (Fsp3) is 0.310. The zero-order valence-electron chi connectivity index (χ0n) is 20.4. The number of esters is 1. The van der Waals surface area contributed by atoms with Gasteiger partial charge in [-0.05, 0) is 17.2 Å². The van der Waals surface area contributed by atoms with Crippen LogP contribution in [0, 0.1) is 5.92 Å². The number of anilines is 1. The van der Waals surface area contributed by atoms with Gasteiger partial charge < -0.3 is 19.6 Å². The molecule has 4 heterocycles. The van der Waals surface area contributed by atoms with Crippen LogP contribution in [0.15, 0.2) is 67.1 Å². The molecule has 188 valence electrons. The number of hydrogen-bond donors (Lipinski definition) is 2. The van der Waals surface area contributed by atoms with Crippen LogP contribution >= 0.6 is 0 Å². The van der Waals surface area contributed by atoms with Gasteiger partial charge in [-0.15, -0.1) is 0 Å². The molecule has 37 heavy (non-hydrogen) atoms. The molecule has 1 atom stereocenters. The first-order chi connectivity index (χ1) is 18.0. The van der Waals surface area contributed by atoms with Gasteiger partial charge in [0.15, 0.2) is 12.6 Å². The second-order valence-corrected chi connectivity index (χ2v) is 10.3. The molecule has 8 nitrogen and oxygen atoms in total. The highest BCUT2D eigenvalue weighted by molar-refractivity contribution is 5.92. The summed E-state index contributed by atoms with van der Waals surface area (Å²) in [5.41, 5.74) is 0.637. The third kappa shape index (κ3) is 4.22. The summed E-state index contributed by atoms with van der Waals surface area (Å²) in [6, 6.07) is 16.4. The number of nitrogens with zero attached hydrogens (tertiary/aromatic N) is 3. The fourth-order valence-corrected chi connectivity index (χ4v) is 6.14. The average molecular weight is 498 g/mol. The molecular weight excluding hydrogens is 468 g/mol. The van der Waals surface area contributed by atoms with E-state index in [9.17, 15) is 14.7 Å².